The number of hydrogen-bond acceptors (Lipinski definition) is 1. The maximum Gasteiger partial charge on any atom is 0.124 e. The molecule has 1 aromatic carbocycles. The highest BCUT2D eigenvalue weighted by molar-refractivity contribution is 6.33. The van der Waals surface area contributed by atoms with Gasteiger partial charge in [0, 0.05) is 6.04 Å². The molecule has 1 fully saturated rings. The smallest absolute Gasteiger partial charge is 0.124 e. The maximum atomic E-state index is 13.0. The zero-order chi connectivity index (χ0) is 13.3. The van der Waals surface area contributed by atoms with Crippen LogP contribution in [0.2, 0.25) is 5.02 Å². The number of hydrogen-bond donors (Lipinski definition) is 1. The van der Waals surface area contributed by atoms with Crippen LogP contribution in [0.1, 0.15) is 40.0 Å². The first-order chi connectivity index (χ1) is 8.35. The summed E-state index contributed by atoms with van der Waals surface area (Å²) in [6.45, 7) is 6.91. The van der Waals surface area contributed by atoms with Crippen molar-refractivity contribution in [2.75, 3.05) is 5.32 Å². The molecule has 3 heteroatoms. The Balaban J connectivity index is 2.09. The van der Waals surface area contributed by atoms with E-state index in [2.05, 4.69) is 26.1 Å². The van der Waals surface area contributed by atoms with Crippen molar-refractivity contribution in [1.82, 2.24) is 0 Å². The van der Waals surface area contributed by atoms with Gasteiger partial charge in [0.05, 0.1) is 10.7 Å². The van der Waals surface area contributed by atoms with Crippen molar-refractivity contribution in [3.63, 3.8) is 0 Å². The van der Waals surface area contributed by atoms with Crippen LogP contribution in [0.4, 0.5) is 10.1 Å². The van der Waals surface area contributed by atoms with Crippen molar-refractivity contribution in [2.45, 2.75) is 46.1 Å². The fourth-order valence-electron chi connectivity index (χ4n) is 3.28. The quantitative estimate of drug-likeness (QED) is 0.787. The van der Waals surface area contributed by atoms with Crippen LogP contribution in [0, 0.1) is 17.2 Å². The third-order valence-corrected chi connectivity index (χ3v) is 3.99. The van der Waals surface area contributed by atoms with E-state index in [4.69, 9.17) is 11.6 Å². The summed E-state index contributed by atoms with van der Waals surface area (Å²) in [6.07, 6.45) is 3.55. The van der Waals surface area contributed by atoms with Crippen molar-refractivity contribution < 1.29 is 4.39 Å². The molecule has 0 saturated heterocycles. The second-order valence-corrected chi connectivity index (χ2v) is 6.79. The Morgan fingerprint density at radius 2 is 2.06 bits per heavy atom. The average Bonchev–Trinajstić information content (AvgIpc) is 2.19. The molecule has 18 heavy (non-hydrogen) atoms. The van der Waals surface area contributed by atoms with Gasteiger partial charge >= 0.3 is 0 Å². The summed E-state index contributed by atoms with van der Waals surface area (Å²) >= 11 is 6.05. The average molecular weight is 270 g/mol. The number of benzene rings is 1. The molecule has 0 aromatic heterocycles. The van der Waals surface area contributed by atoms with E-state index in [1.807, 2.05) is 0 Å². The van der Waals surface area contributed by atoms with Crippen LogP contribution in [-0.2, 0) is 0 Å². The van der Waals surface area contributed by atoms with E-state index < -0.39 is 0 Å². The number of nitrogens with one attached hydrogen (secondary N) is 1. The zero-order valence-electron chi connectivity index (χ0n) is 11.3. The van der Waals surface area contributed by atoms with Gasteiger partial charge < -0.3 is 5.32 Å². The molecular weight excluding hydrogens is 249 g/mol. The predicted octanol–water partition coefficient (Wildman–Crippen LogP) is 5.11. The molecule has 0 heterocycles. The molecule has 0 spiro atoms. The van der Waals surface area contributed by atoms with Crippen LogP contribution < -0.4 is 5.32 Å². The molecule has 0 radical (unpaired) electrons. The minimum absolute atomic E-state index is 0.289. The third-order valence-electron chi connectivity index (χ3n) is 3.68. The van der Waals surface area contributed by atoms with Gasteiger partial charge in [-0.25, -0.2) is 4.39 Å². The van der Waals surface area contributed by atoms with Gasteiger partial charge in [0.1, 0.15) is 5.82 Å². The van der Waals surface area contributed by atoms with E-state index in [0.29, 0.717) is 22.4 Å². The molecule has 1 nitrogen and oxygen atoms in total. The molecule has 2 atom stereocenters. The van der Waals surface area contributed by atoms with Crippen LogP contribution in [0.25, 0.3) is 0 Å². The van der Waals surface area contributed by atoms with Crippen LogP contribution in [0.15, 0.2) is 18.2 Å². The maximum absolute atomic E-state index is 13.0. The van der Waals surface area contributed by atoms with Gasteiger partial charge in [0.15, 0.2) is 0 Å². The van der Waals surface area contributed by atoms with Gasteiger partial charge in [-0.15, -0.1) is 0 Å². The standard InChI is InChI=1S/C15H21ClFN/c1-10-6-12(9-15(2,3)8-10)18-14-5-4-11(17)7-13(14)16/h4-5,7,10,12,18H,6,8-9H2,1-3H3. The Hall–Kier alpha value is -0.760. The Kier molecular flexibility index (Phi) is 3.86. The summed E-state index contributed by atoms with van der Waals surface area (Å²) in [5.74, 6) is 0.424. The summed E-state index contributed by atoms with van der Waals surface area (Å²) in [5, 5.41) is 3.93. The highest BCUT2D eigenvalue weighted by atomic mass is 35.5. The monoisotopic (exact) mass is 269 g/mol. The number of rotatable bonds is 2. The van der Waals surface area contributed by atoms with Crippen molar-refractivity contribution >= 4 is 17.3 Å². The minimum atomic E-state index is -0.289. The van der Waals surface area contributed by atoms with Crippen LogP contribution in [0.5, 0.6) is 0 Å². The van der Waals surface area contributed by atoms with Crippen LogP contribution in [-0.4, -0.2) is 6.04 Å². The first kappa shape index (κ1) is 13.7. The highest BCUT2D eigenvalue weighted by Crippen LogP contribution is 2.40. The first-order valence-corrected chi connectivity index (χ1v) is 6.95. The molecule has 0 bridgehead atoms. The number of halogens is 2. The lowest BCUT2D eigenvalue weighted by molar-refractivity contribution is 0.178. The zero-order valence-corrected chi connectivity index (χ0v) is 12.0. The van der Waals surface area contributed by atoms with Gasteiger partial charge in [-0.1, -0.05) is 32.4 Å². The van der Waals surface area contributed by atoms with Crippen molar-refractivity contribution in [1.29, 1.82) is 0 Å². The lowest BCUT2D eigenvalue weighted by Gasteiger charge is -2.39. The Morgan fingerprint density at radius 1 is 1.33 bits per heavy atom. The van der Waals surface area contributed by atoms with E-state index in [0.717, 1.165) is 18.5 Å². The van der Waals surface area contributed by atoms with E-state index in [-0.39, 0.29) is 5.82 Å². The molecule has 2 rings (SSSR count). The fourth-order valence-corrected chi connectivity index (χ4v) is 3.50. The molecule has 1 aromatic rings. The Bertz CT molecular complexity index is 431. The van der Waals surface area contributed by atoms with E-state index in [9.17, 15) is 4.39 Å². The molecule has 2 unspecified atom stereocenters. The molecule has 100 valence electrons. The van der Waals surface area contributed by atoms with Gasteiger partial charge in [-0.3, -0.25) is 0 Å². The fraction of sp³-hybridized carbons (Fsp3) is 0.600. The first-order valence-electron chi connectivity index (χ1n) is 6.57. The molecule has 1 aliphatic rings. The Morgan fingerprint density at radius 3 is 2.67 bits per heavy atom. The van der Waals surface area contributed by atoms with Gasteiger partial charge in [0.25, 0.3) is 0 Å². The summed E-state index contributed by atoms with van der Waals surface area (Å²) < 4.78 is 13.0. The topological polar surface area (TPSA) is 12.0 Å². The predicted molar refractivity (Wildman–Crippen MR) is 75.6 cm³/mol. The molecule has 0 amide bonds. The molecule has 1 saturated carbocycles. The Labute approximate surface area is 114 Å². The van der Waals surface area contributed by atoms with Crippen molar-refractivity contribution in [3.8, 4) is 0 Å². The number of anilines is 1. The van der Waals surface area contributed by atoms with Crippen molar-refractivity contribution in [3.05, 3.63) is 29.0 Å². The van der Waals surface area contributed by atoms with E-state index in [1.165, 1.54) is 18.6 Å². The van der Waals surface area contributed by atoms with Crippen LogP contribution in [0.3, 0.4) is 0 Å². The van der Waals surface area contributed by atoms with Gasteiger partial charge in [0.2, 0.25) is 0 Å². The lowest BCUT2D eigenvalue weighted by Crippen LogP contribution is -2.35. The molecule has 1 aliphatic carbocycles. The second kappa shape index (κ2) is 5.08. The van der Waals surface area contributed by atoms with Crippen molar-refractivity contribution in [2.24, 2.45) is 11.3 Å². The largest absolute Gasteiger partial charge is 0.381 e. The third kappa shape index (κ3) is 3.38. The van der Waals surface area contributed by atoms with Crippen LogP contribution >= 0.6 is 11.6 Å². The lowest BCUT2D eigenvalue weighted by atomic mass is 9.70. The SMILES string of the molecule is CC1CC(Nc2ccc(F)cc2Cl)CC(C)(C)C1. The normalized spacial score (nSPS) is 26.9. The highest BCUT2D eigenvalue weighted by Gasteiger charge is 2.32. The summed E-state index contributed by atoms with van der Waals surface area (Å²) in [6, 6.07) is 4.96. The summed E-state index contributed by atoms with van der Waals surface area (Å²) in [4.78, 5) is 0. The van der Waals surface area contributed by atoms with E-state index >= 15 is 0 Å². The summed E-state index contributed by atoms with van der Waals surface area (Å²) in [5.41, 5.74) is 1.20. The van der Waals surface area contributed by atoms with Gasteiger partial charge in [-0.05, 0) is 48.8 Å². The molecule has 1 N–H and O–H groups in total. The minimum Gasteiger partial charge on any atom is -0.381 e. The molecular formula is C15H21ClFN. The molecule has 0 aliphatic heterocycles. The second-order valence-electron chi connectivity index (χ2n) is 6.38. The summed E-state index contributed by atoms with van der Waals surface area (Å²) in [7, 11) is 0. The van der Waals surface area contributed by atoms with E-state index in [1.54, 1.807) is 6.07 Å². The van der Waals surface area contributed by atoms with Gasteiger partial charge in [-0.2, -0.15) is 0 Å².